The number of hydrogen-bond donors (Lipinski definition) is 4. The Bertz CT molecular complexity index is 1220. The first-order valence-corrected chi connectivity index (χ1v) is 8.86. The number of nitrogens with one attached hydrogen (secondary N) is 3. The summed E-state index contributed by atoms with van der Waals surface area (Å²) in [5.41, 5.74) is 8.75. The maximum absolute atomic E-state index is 13.6. The van der Waals surface area contributed by atoms with Gasteiger partial charge in [-0.25, -0.2) is 9.18 Å². The minimum Gasteiger partial charge on any atom is -0.364 e. The van der Waals surface area contributed by atoms with Gasteiger partial charge in [0.1, 0.15) is 11.5 Å². The first-order valence-electron chi connectivity index (χ1n) is 8.86. The summed E-state index contributed by atoms with van der Waals surface area (Å²) in [6.45, 7) is 0. The molecular weight excluding hydrogens is 371 g/mol. The van der Waals surface area contributed by atoms with Gasteiger partial charge in [0.05, 0.1) is 5.69 Å². The van der Waals surface area contributed by atoms with E-state index in [-0.39, 0.29) is 5.69 Å². The fourth-order valence-corrected chi connectivity index (χ4v) is 3.19. The number of hydrogen-bond acceptors (Lipinski definition) is 2. The number of aromatic amines is 1. The van der Waals surface area contributed by atoms with Crippen molar-refractivity contribution in [1.82, 2.24) is 4.98 Å². The summed E-state index contributed by atoms with van der Waals surface area (Å²) in [4.78, 5) is 27.0. The molecule has 3 amide bonds. The van der Waals surface area contributed by atoms with Gasteiger partial charge in [-0.15, -0.1) is 0 Å². The first kappa shape index (κ1) is 18.2. The van der Waals surface area contributed by atoms with Crippen LogP contribution in [0, 0.1) is 5.82 Å². The Morgan fingerprint density at radius 1 is 0.862 bits per heavy atom. The number of para-hydroxylation sites is 2. The van der Waals surface area contributed by atoms with E-state index in [0.717, 1.165) is 16.5 Å². The van der Waals surface area contributed by atoms with Crippen molar-refractivity contribution in [3.05, 3.63) is 84.3 Å². The van der Waals surface area contributed by atoms with Crippen molar-refractivity contribution in [3.63, 3.8) is 0 Å². The molecule has 0 radical (unpaired) electrons. The number of nitrogens with two attached hydrogens (primary N) is 1. The van der Waals surface area contributed by atoms with Gasteiger partial charge in [-0.2, -0.15) is 0 Å². The molecule has 0 saturated heterocycles. The number of carbonyl (C=O) groups excluding carboxylic acids is 2. The predicted molar refractivity (Wildman–Crippen MR) is 111 cm³/mol. The highest BCUT2D eigenvalue weighted by atomic mass is 19.1. The van der Waals surface area contributed by atoms with E-state index in [9.17, 15) is 14.0 Å². The van der Waals surface area contributed by atoms with Crippen molar-refractivity contribution in [2.75, 3.05) is 10.6 Å². The van der Waals surface area contributed by atoms with E-state index in [1.807, 2.05) is 24.3 Å². The van der Waals surface area contributed by atoms with Crippen molar-refractivity contribution in [2.45, 2.75) is 0 Å². The van der Waals surface area contributed by atoms with Gasteiger partial charge >= 0.3 is 6.03 Å². The molecule has 7 heteroatoms. The number of benzene rings is 3. The molecule has 6 nitrogen and oxygen atoms in total. The van der Waals surface area contributed by atoms with Crippen LogP contribution in [0.2, 0.25) is 0 Å². The number of urea groups is 1. The van der Waals surface area contributed by atoms with Gasteiger partial charge in [-0.3, -0.25) is 4.79 Å². The summed E-state index contributed by atoms with van der Waals surface area (Å²) in [6, 6.07) is 19.8. The highest BCUT2D eigenvalue weighted by Crippen LogP contribution is 2.33. The van der Waals surface area contributed by atoms with E-state index < -0.39 is 17.8 Å². The normalized spacial score (nSPS) is 10.7. The van der Waals surface area contributed by atoms with Gasteiger partial charge in [-0.05, 0) is 35.9 Å². The number of anilines is 2. The number of rotatable bonds is 4. The monoisotopic (exact) mass is 388 g/mol. The Kier molecular flexibility index (Phi) is 4.70. The van der Waals surface area contributed by atoms with E-state index in [1.165, 1.54) is 12.1 Å². The van der Waals surface area contributed by atoms with Crippen LogP contribution in [-0.2, 0) is 0 Å². The Balaban J connectivity index is 1.58. The first-order chi connectivity index (χ1) is 14.0. The van der Waals surface area contributed by atoms with E-state index in [0.29, 0.717) is 16.9 Å². The molecule has 5 N–H and O–H groups in total. The van der Waals surface area contributed by atoms with E-state index in [2.05, 4.69) is 15.6 Å². The number of carbonyl (C=O) groups is 2. The fourth-order valence-electron chi connectivity index (χ4n) is 3.19. The van der Waals surface area contributed by atoms with Crippen molar-refractivity contribution >= 4 is 34.2 Å². The Labute approximate surface area is 165 Å². The summed E-state index contributed by atoms with van der Waals surface area (Å²) in [5.74, 6) is -1.07. The van der Waals surface area contributed by atoms with Crippen LogP contribution in [0.15, 0.2) is 72.8 Å². The Morgan fingerprint density at radius 2 is 1.55 bits per heavy atom. The molecule has 0 unspecified atom stereocenters. The second-order valence-corrected chi connectivity index (χ2v) is 6.42. The van der Waals surface area contributed by atoms with Gasteiger partial charge < -0.3 is 21.4 Å². The van der Waals surface area contributed by atoms with Crippen molar-refractivity contribution in [1.29, 1.82) is 0 Å². The molecule has 4 aromatic rings. The van der Waals surface area contributed by atoms with E-state index >= 15 is 0 Å². The zero-order valence-electron chi connectivity index (χ0n) is 15.2. The molecule has 0 bridgehead atoms. The molecule has 0 aliphatic carbocycles. The standard InChI is InChI=1S/C22H17FN4O2/c23-16-6-2-4-8-18(16)27-22(29)25-14-11-9-13(10-12-14)19-15-5-1-3-7-17(15)26-20(19)21(24)28/h1-12,26H,(H2,24,28)(H2,25,27,29). The molecule has 1 heterocycles. The minimum atomic E-state index is -0.562. The van der Waals surface area contributed by atoms with Crippen LogP contribution in [0.5, 0.6) is 0 Å². The van der Waals surface area contributed by atoms with Gasteiger partial charge in [-0.1, -0.05) is 42.5 Å². The average Bonchev–Trinajstić information content (AvgIpc) is 3.10. The predicted octanol–water partition coefficient (Wildman–Crippen LogP) is 4.72. The number of H-pyrrole nitrogens is 1. The highest BCUT2D eigenvalue weighted by Gasteiger charge is 2.17. The third-order valence-corrected chi connectivity index (χ3v) is 4.51. The molecule has 0 aliphatic heterocycles. The molecule has 0 spiro atoms. The maximum atomic E-state index is 13.6. The Hall–Kier alpha value is -4.13. The lowest BCUT2D eigenvalue weighted by Crippen LogP contribution is -2.20. The summed E-state index contributed by atoms with van der Waals surface area (Å²) in [7, 11) is 0. The summed E-state index contributed by atoms with van der Waals surface area (Å²) < 4.78 is 13.6. The average molecular weight is 388 g/mol. The second-order valence-electron chi connectivity index (χ2n) is 6.42. The van der Waals surface area contributed by atoms with Crippen LogP contribution in [0.1, 0.15) is 10.5 Å². The zero-order chi connectivity index (χ0) is 20.4. The minimum absolute atomic E-state index is 0.0894. The topological polar surface area (TPSA) is 100 Å². The van der Waals surface area contributed by atoms with Crippen LogP contribution in [0.25, 0.3) is 22.0 Å². The molecule has 0 saturated carbocycles. The van der Waals surface area contributed by atoms with Crippen molar-refractivity contribution in [2.24, 2.45) is 5.73 Å². The maximum Gasteiger partial charge on any atom is 0.323 e. The summed E-state index contributed by atoms with van der Waals surface area (Å²) >= 11 is 0. The summed E-state index contributed by atoms with van der Waals surface area (Å²) in [6.07, 6.45) is 0. The molecule has 29 heavy (non-hydrogen) atoms. The lowest BCUT2D eigenvalue weighted by molar-refractivity contribution is 0.0997. The van der Waals surface area contributed by atoms with Crippen LogP contribution in [-0.4, -0.2) is 16.9 Å². The molecule has 1 aromatic heterocycles. The molecule has 0 fully saturated rings. The van der Waals surface area contributed by atoms with Gasteiger partial charge in [0.2, 0.25) is 0 Å². The SMILES string of the molecule is NC(=O)c1[nH]c2ccccc2c1-c1ccc(NC(=O)Nc2ccccc2F)cc1. The molecular formula is C22H17FN4O2. The largest absolute Gasteiger partial charge is 0.364 e. The number of halogens is 1. The molecule has 3 aromatic carbocycles. The Morgan fingerprint density at radius 3 is 2.28 bits per heavy atom. The number of aromatic nitrogens is 1. The van der Waals surface area contributed by atoms with Gasteiger partial charge in [0, 0.05) is 22.2 Å². The van der Waals surface area contributed by atoms with Crippen molar-refractivity contribution < 1.29 is 14.0 Å². The zero-order valence-corrected chi connectivity index (χ0v) is 15.2. The number of primary amides is 1. The fraction of sp³-hybridized carbons (Fsp3) is 0. The van der Waals surface area contributed by atoms with Crippen LogP contribution >= 0.6 is 0 Å². The molecule has 0 aliphatic rings. The molecule has 144 valence electrons. The smallest absolute Gasteiger partial charge is 0.323 e. The third-order valence-electron chi connectivity index (χ3n) is 4.51. The van der Waals surface area contributed by atoms with Crippen LogP contribution in [0.3, 0.4) is 0 Å². The van der Waals surface area contributed by atoms with Crippen LogP contribution in [0.4, 0.5) is 20.6 Å². The second kappa shape index (κ2) is 7.47. The van der Waals surface area contributed by atoms with Gasteiger partial charge in [0.15, 0.2) is 0 Å². The highest BCUT2D eigenvalue weighted by molar-refractivity contribution is 6.09. The third kappa shape index (κ3) is 3.66. The van der Waals surface area contributed by atoms with Crippen LogP contribution < -0.4 is 16.4 Å². The number of fused-ring (bicyclic) bond motifs is 1. The van der Waals surface area contributed by atoms with Gasteiger partial charge in [0.25, 0.3) is 5.91 Å². The lowest BCUT2D eigenvalue weighted by Gasteiger charge is -2.09. The quantitative estimate of drug-likeness (QED) is 0.407. The summed E-state index contributed by atoms with van der Waals surface area (Å²) in [5, 5.41) is 5.98. The van der Waals surface area contributed by atoms with E-state index in [4.69, 9.17) is 5.73 Å². The molecule has 4 rings (SSSR count). The number of amides is 3. The lowest BCUT2D eigenvalue weighted by atomic mass is 10.0. The van der Waals surface area contributed by atoms with E-state index in [1.54, 1.807) is 36.4 Å². The van der Waals surface area contributed by atoms with Crippen molar-refractivity contribution in [3.8, 4) is 11.1 Å². The molecule has 0 atom stereocenters.